The first kappa shape index (κ1) is 13.6. The molecule has 7 heteroatoms. The van der Waals surface area contributed by atoms with E-state index in [-0.39, 0.29) is 29.8 Å². The van der Waals surface area contributed by atoms with Crippen LogP contribution in [-0.4, -0.2) is 28.2 Å². The van der Waals surface area contributed by atoms with Gasteiger partial charge in [-0.3, -0.25) is 14.4 Å². The third-order valence-corrected chi connectivity index (χ3v) is 3.98. The standard InChI is InChI=1S/C14H13N3O3S/c18-11-7-17(6-10-8-21-14(20)15-10)13(19)12(16-11)9-4-2-1-3-5-9/h1-5,8,12H,6-7H2,(H,15,20)(H,16,18). The Labute approximate surface area is 124 Å². The largest absolute Gasteiger partial charge is 0.339 e. The van der Waals surface area contributed by atoms with E-state index in [0.717, 1.165) is 16.9 Å². The summed E-state index contributed by atoms with van der Waals surface area (Å²) in [4.78, 5) is 39.4. The number of nitrogens with one attached hydrogen (secondary N) is 2. The van der Waals surface area contributed by atoms with Gasteiger partial charge in [0.15, 0.2) is 0 Å². The molecular formula is C14H13N3O3S. The van der Waals surface area contributed by atoms with Gasteiger partial charge in [0.1, 0.15) is 12.6 Å². The van der Waals surface area contributed by atoms with Crippen LogP contribution in [0.2, 0.25) is 0 Å². The Kier molecular flexibility index (Phi) is 3.57. The number of piperazine rings is 1. The Morgan fingerprint density at radius 3 is 2.62 bits per heavy atom. The van der Waals surface area contributed by atoms with Crippen LogP contribution < -0.4 is 10.2 Å². The van der Waals surface area contributed by atoms with Crippen molar-refractivity contribution in [3.8, 4) is 0 Å². The van der Waals surface area contributed by atoms with Gasteiger partial charge in [-0.2, -0.15) is 0 Å². The van der Waals surface area contributed by atoms with E-state index < -0.39 is 6.04 Å². The first-order chi connectivity index (χ1) is 10.1. The van der Waals surface area contributed by atoms with Gasteiger partial charge in [0.05, 0.1) is 6.54 Å². The average Bonchev–Trinajstić information content (AvgIpc) is 2.89. The molecule has 0 spiro atoms. The monoisotopic (exact) mass is 303 g/mol. The van der Waals surface area contributed by atoms with Gasteiger partial charge in [-0.1, -0.05) is 41.7 Å². The Morgan fingerprint density at radius 1 is 1.19 bits per heavy atom. The van der Waals surface area contributed by atoms with E-state index in [0.29, 0.717) is 5.69 Å². The summed E-state index contributed by atoms with van der Waals surface area (Å²) < 4.78 is 0. The van der Waals surface area contributed by atoms with Crippen LogP contribution in [-0.2, 0) is 16.1 Å². The molecule has 6 nitrogen and oxygen atoms in total. The molecule has 1 aromatic heterocycles. The van der Waals surface area contributed by atoms with Crippen molar-refractivity contribution >= 4 is 23.2 Å². The van der Waals surface area contributed by atoms with Crippen LogP contribution in [0.25, 0.3) is 0 Å². The molecule has 108 valence electrons. The second-order valence-electron chi connectivity index (χ2n) is 4.78. The molecule has 0 aliphatic carbocycles. The van der Waals surface area contributed by atoms with E-state index in [4.69, 9.17) is 0 Å². The van der Waals surface area contributed by atoms with Crippen LogP contribution in [0.1, 0.15) is 17.3 Å². The molecule has 1 aliphatic heterocycles. The third kappa shape index (κ3) is 2.87. The van der Waals surface area contributed by atoms with Crippen molar-refractivity contribution < 1.29 is 9.59 Å². The quantitative estimate of drug-likeness (QED) is 0.873. The summed E-state index contributed by atoms with van der Waals surface area (Å²) in [6.07, 6.45) is 0. The third-order valence-electron chi connectivity index (χ3n) is 3.26. The van der Waals surface area contributed by atoms with E-state index in [9.17, 15) is 14.4 Å². The highest BCUT2D eigenvalue weighted by Crippen LogP contribution is 2.20. The summed E-state index contributed by atoms with van der Waals surface area (Å²) in [6.45, 7) is 0.231. The van der Waals surface area contributed by atoms with E-state index >= 15 is 0 Å². The molecule has 0 saturated carbocycles. The topological polar surface area (TPSA) is 82.3 Å². The number of carbonyl (C=O) groups is 2. The number of H-pyrrole nitrogens is 1. The molecule has 1 unspecified atom stereocenters. The number of rotatable bonds is 3. The zero-order chi connectivity index (χ0) is 14.8. The van der Waals surface area contributed by atoms with E-state index in [1.54, 1.807) is 17.5 Å². The maximum Gasteiger partial charge on any atom is 0.304 e. The second-order valence-corrected chi connectivity index (χ2v) is 5.62. The van der Waals surface area contributed by atoms with E-state index in [1.165, 1.54) is 4.90 Å². The van der Waals surface area contributed by atoms with Crippen molar-refractivity contribution in [2.45, 2.75) is 12.6 Å². The van der Waals surface area contributed by atoms with Gasteiger partial charge in [-0.15, -0.1) is 0 Å². The Balaban J connectivity index is 1.83. The number of thiazole rings is 1. The number of nitrogens with zero attached hydrogens (tertiary/aromatic N) is 1. The normalized spacial score (nSPS) is 18.7. The van der Waals surface area contributed by atoms with Gasteiger partial charge in [-0.25, -0.2) is 0 Å². The molecule has 0 radical (unpaired) electrons. The highest BCUT2D eigenvalue weighted by molar-refractivity contribution is 7.07. The number of aromatic amines is 1. The molecule has 1 atom stereocenters. The molecular weight excluding hydrogens is 290 g/mol. The van der Waals surface area contributed by atoms with Crippen LogP contribution >= 0.6 is 11.3 Å². The molecule has 2 heterocycles. The molecule has 1 saturated heterocycles. The fourth-order valence-corrected chi connectivity index (χ4v) is 2.88. The van der Waals surface area contributed by atoms with Crippen molar-refractivity contribution in [2.24, 2.45) is 0 Å². The van der Waals surface area contributed by atoms with Crippen LogP contribution in [0.15, 0.2) is 40.5 Å². The molecule has 3 rings (SSSR count). The van der Waals surface area contributed by atoms with Crippen molar-refractivity contribution in [3.63, 3.8) is 0 Å². The van der Waals surface area contributed by atoms with E-state index in [1.807, 2.05) is 18.2 Å². The molecule has 2 N–H and O–H groups in total. The van der Waals surface area contributed by atoms with Gasteiger partial charge in [0.2, 0.25) is 5.91 Å². The maximum absolute atomic E-state index is 12.5. The minimum absolute atomic E-state index is 0.0000437. The lowest BCUT2D eigenvalue weighted by molar-refractivity contribution is -0.145. The number of carbonyl (C=O) groups excluding carboxylic acids is 2. The van der Waals surface area contributed by atoms with Crippen molar-refractivity contribution in [1.82, 2.24) is 15.2 Å². The minimum Gasteiger partial charge on any atom is -0.339 e. The van der Waals surface area contributed by atoms with Crippen LogP contribution in [0.5, 0.6) is 0 Å². The first-order valence-corrected chi connectivity index (χ1v) is 7.31. The minimum atomic E-state index is -0.669. The van der Waals surface area contributed by atoms with Crippen molar-refractivity contribution in [2.75, 3.05) is 6.54 Å². The summed E-state index contributed by atoms with van der Waals surface area (Å²) in [6, 6.07) is 8.44. The summed E-state index contributed by atoms with van der Waals surface area (Å²) in [5.74, 6) is -0.381. The molecule has 0 bridgehead atoms. The Hall–Kier alpha value is -2.41. The number of benzene rings is 1. The lowest BCUT2D eigenvalue weighted by atomic mass is 10.0. The van der Waals surface area contributed by atoms with Gasteiger partial charge < -0.3 is 15.2 Å². The summed E-state index contributed by atoms with van der Waals surface area (Å²) in [7, 11) is 0. The molecule has 2 amide bonds. The number of amides is 2. The number of hydrogen-bond donors (Lipinski definition) is 2. The fraction of sp³-hybridized carbons (Fsp3) is 0.214. The van der Waals surface area contributed by atoms with Gasteiger partial charge in [0, 0.05) is 11.1 Å². The molecule has 2 aromatic rings. The van der Waals surface area contributed by atoms with Crippen LogP contribution in [0.3, 0.4) is 0 Å². The molecule has 21 heavy (non-hydrogen) atoms. The molecule has 1 aromatic carbocycles. The molecule has 1 fully saturated rings. The molecule has 1 aliphatic rings. The van der Waals surface area contributed by atoms with Gasteiger partial charge in [0.25, 0.3) is 5.91 Å². The number of aromatic nitrogens is 1. The highest BCUT2D eigenvalue weighted by atomic mass is 32.1. The summed E-state index contributed by atoms with van der Waals surface area (Å²) in [5.41, 5.74) is 1.39. The summed E-state index contributed by atoms with van der Waals surface area (Å²) >= 11 is 1.04. The fourth-order valence-electron chi connectivity index (χ4n) is 2.30. The summed E-state index contributed by atoms with van der Waals surface area (Å²) in [5, 5.41) is 4.37. The van der Waals surface area contributed by atoms with Crippen molar-refractivity contribution in [1.29, 1.82) is 0 Å². The Bertz CT molecular complexity index is 722. The first-order valence-electron chi connectivity index (χ1n) is 6.43. The average molecular weight is 303 g/mol. The highest BCUT2D eigenvalue weighted by Gasteiger charge is 2.33. The maximum atomic E-state index is 12.5. The SMILES string of the molecule is O=C1CN(Cc2csc(=O)[nH]2)C(=O)C(c2ccccc2)N1. The van der Waals surface area contributed by atoms with Crippen LogP contribution in [0.4, 0.5) is 0 Å². The number of hydrogen-bond acceptors (Lipinski definition) is 4. The zero-order valence-electron chi connectivity index (χ0n) is 11.0. The smallest absolute Gasteiger partial charge is 0.304 e. The predicted molar refractivity (Wildman–Crippen MR) is 77.7 cm³/mol. The lowest BCUT2D eigenvalue weighted by Gasteiger charge is -2.32. The second kappa shape index (κ2) is 5.53. The Morgan fingerprint density at radius 2 is 1.95 bits per heavy atom. The lowest BCUT2D eigenvalue weighted by Crippen LogP contribution is -2.53. The van der Waals surface area contributed by atoms with E-state index in [2.05, 4.69) is 10.3 Å². The predicted octanol–water partition coefficient (Wildman–Crippen LogP) is 0.636. The van der Waals surface area contributed by atoms with Gasteiger partial charge >= 0.3 is 4.87 Å². The van der Waals surface area contributed by atoms with Crippen LogP contribution in [0, 0.1) is 0 Å². The zero-order valence-corrected chi connectivity index (χ0v) is 11.9. The van der Waals surface area contributed by atoms with Crippen molar-refractivity contribution in [3.05, 3.63) is 56.6 Å². The van der Waals surface area contributed by atoms with Gasteiger partial charge in [-0.05, 0) is 5.56 Å².